The van der Waals surface area contributed by atoms with Gasteiger partial charge in [0.1, 0.15) is 0 Å². The van der Waals surface area contributed by atoms with Crippen molar-refractivity contribution >= 4 is 0 Å². The first-order chi connectivity index (χ1) is 6.78. The topological polar surface area (TPSA) is 35.2 Å². The van der Waals surface area contributed by atoms with Gasteiger partial charge in [-0.1, -0.05) is 11.6 Å². The van der Waals surface area contributed by atoms with Crippen LogP contribution in [0.4, 0.5) is 0 Å². The van der Waals surface area contributed by atoms with Crippen LogP contribution in [0.15, 0.2) is 11.6 Å². The van der Waals surface area contributed by atoms with Crippen molar-refractivity contribution in [2.24, 2.45) is 11.7 Å². The first-order valence-corrected chi connectivity index (χ1v) is 5.85. The van der Waals surface area contributed by atoms with Crippen LogP contribution in [0, 0.1) is 5.92 Å². The van der Waals surface area contributed by atoms with Crippen LogP contribution in [0.3, 0.4) is 0 Å². The van der Waals surface area contributed by atoms with Crippen molar-refractivity contribution in [2.45, 2.75) is 58.7 Å². The van der Waals surface area contributed by atoms with Gasteiger partial charge in [-0.3, -0.25) is 0 Å². The molecule has 0 aliphatic carbocycles. The molecule has 0 bridgehead atoms. The average molecular weight is 211 g/mol. The fourth-order valence-electron chi connectivity index (χ4n) is 2.72. The van der Waals surface area contributed by atoms with Crippen molar-refractivity contribution in [3.63, 3.8) is 0 Å². The number of nitrogens with two attached hydrogens (primary N) is 1. The Labute approximate surface area is 93.9 Å². The minimum atomic E-state index is -0.0430. The van der Waals surface area contributed by atoms with Gasteiger partial charge in [-0.25, -0.2) is 0 Å². The molecule has 0 aromatic carbocycles. The maximum atomic E-state index is 6.08. The van der Waals surface area contributed by atoms with Gasteiger partial charge in [0.15, 0.2) is 0 Å². The Hall–Kier alpha value is -0.340. The fraction of sp³-hybridized carbons (Fsp3) is 0.846. The van der Waals surface area contributed by atoms with Crippen molar-refractivity contribution in [1.29, 1.82) is 0 Å². The van der Waals surface area contributed by atoms with E-state index in [0.29, 0.717) is 5.92 Å². The predicted octanol–water partition coefficient (Wildman–Crippen LogP) is 2.88. The molecule has 1 aliphatic rings. The average Bonchev–Trinajstić information content (AvgIpc) is 2.30. The maximum Gasteiger partial charge on any atom is 0.0699 e. The molecule has 1 heterocycles. The highest BCUT2D eigenvalue weighted by Crippen LogP contribution is 2.45. The third-order valence-electron chi connectivity index (χ3n) is 3.26. The van der Waals surface area contributed by atoms with Gasteiger partial charge in [-0.2, -0.15) is 0 Å². The molecule has 2 nitrogen and oxygen atoms in total. The molecule has 2 N–H and O–H groups in total. The van der Waals surface area contributed by atoms with E-state index in [1.165, 1.54) is 5.57 Å². The molecule has 88 valence electrons. The molecule has 0 saturated carbocycles. The molecule has 0 aromatic rings. The van der Waals surface area contributed by atoms with Gasteiger partial charge in [0.05, 0.1) is 11.2 Å². The lowest BCUT2D eigenvalue weighted by Gasteiger charge is -2.28. The molecular formula is C13H25NO. The van der Waals surface area contributed by atoms with Crippen LogP contribution in [0.25, 0.3) is 0 Å². The normalized spacial score (nSPS) is 29.5. The second-order valence-corrected chi connectivity index (χ2v) is 5.75. The Morgan fingerprint density at radius 3 is 2.40 bits per heavy atom. The largest absolute Gasteiger partial charge is 0.369 e. The Morgan fingerprint density at radius 2 is 2.00 bits per heavy atom. The highest BCUT2D eigenvalue weighted by molar-refractivity contribution is 5.13. The molecule has 0 spiro atoms. The number of ether oxygens (including phenoxy) is 1. The summed E-state index contributed by atoms with van der Waals surface area (Å²) in [5.74, 6) is 0.527. The van der Waals surface area contributed by atoms with E-state index in [2.05, 4.69) is 40.7 Å². The van der Waals surface area contributed by atoms with Crippen molar-refractivity contribution in [3.8, 4) is 0 Å². The summed E-state index contributed by atoms with van der Waals surface area (Å²) in [6, 6.07) is 0. The molecule has 1 aliphatic heterocycles. The van der Waals surface area contributed by atoms with Crippen LogP contribution in [-0.2, 0) is 4.74 Å². The van der Waals surface area contributed by atoms with Gasteiger partial charge < -0.3 is 10.5 Å². The van der Waals surface area contributed by atoms with Gasteiger partial charge in [0, 0.05) is 5.92 Å². The minimum Gasteiger partial charge on any atom is -0.369 e. The molecule has 2 heteroatoms. The van der Waals surface area contributed by atoms with Gasteiger partial charge in [-0.05, 0) is 54.0 Å². The quantitative estimate of drug-likeness (QED) is 0.729. The van der Waals surface area contributed by atoms with E-state index in [1.807, 2.05) is 0 Å². The first-order valence-electron chi connectivity index (χ1n) is 5.85. The summed E-state index contributed by atoms with van der Waals surface area (Å²) in [5, 5.41) is 0. The van der Waals surface area contributed by atoms with Gasteiger partial charge in [0.2, 0.25) is 0 Å². The zero-order chi connectivity index (χ0) is 11.7. The zero-order valence-electron chi connectivity index (χ0n) is 10.8. The van der Waals surface area contributed by atoms with E-state index < -0.39 is 0 Å². The van der Waals surface area contributed by atoms with Crippen LogP contribution < -0.4 is 5.73 Å². The van der Waals surface area contributed by atoms with E-state index >= 15 is 0 Å². The molecule has 15 heavy (non-hydrogen) atoms. The first kappa shape index (κ1) is 12.7. The number of rotatable bonds is 3. The molecule has 1 fully saturated rings. The van der Waals surface area contributed by atoms with Gasteiger partial charge >= 0.3 is 0 Å². The van der Waals surface area contributed by atoms with E-state index in [4.69, 9.17) is 10.5 Å². The molecular weight excluding hydrogens is 186 g/mol. The molecule has 0 radical (unpaired) electrons. The SMILES string of the molecule is CC(=CCCN)C1CC(C)(C)OC1(C)C. The molecule has 1 saturated heterocycles. The highest BCUT2D eigenvalue weighted by atomic mass is 16.5. The third kappa shape index (κ3) is 3.05. The summed E-state index contributed by atoms with van der Waals surface area (Å²) >= 11 is 0. The standard InChI is InChI=1S/C13H25NO/c1-10(7-6-8-14)11-9-12(2,3)15-13(11,4)5/h7,11H,6,8-9,14H2,1-5H3. The van der Waals surface area contributed by atoms with E-state index in [1.54, 1.807) is 0 Å². The Bertz CT molecular complexity index is 253. The summed E-state index contributed by atoms with van der Waals surface area (Å²) in [5.41, 5.74) is 6.91. The second-order valence-electron chi connectivity index (χ2n) is 5.75. The highest BCUT2D eigenvalue weighted by Gasteiger charge is 2.46. The monoisotopic (exact) mass is 211 g/mol. The van der Waals surface area contributed by atoms with Crippen molar-refractivity contribution in [2.75, 3.05) is 6.54 Å². The molecule has 0 aromatic heterocycles. The fourth-order valence-corrected chi connectivity index (χ4v) is 2.72. The maximum absolute atomic E-state index is 6.08. The lowest BCUT2D eigenvalue weighted by molar-refractivity contribution is -0.0714. The second kappa shape index (κ2) is 4.26. The summed E-state index contributed by atoms with van der Waals surface area (Å²) < 4.78 is 6.08. The number of hydrogen-bond donors (Lipinski definition) is 1. The zero-order valence-corrected chi connectivity index (χ0v) is 10.8. The Morgan fingerprint density at radius 1 is 1.40 bits per heavy atom. The van der Waals surface area contributed by atoms with Crippen LogP contribution >= 0.6 is 0 Å². The summed E-state index contributed by atoms with van der Waals surface area (Å²) in [6.45, 7) is 11.6. The van der Waals surface area contributed by atoms with E-state index in [9.17, 15) is 0 Å². The summed E-state index contributed by atoms with van der Waals surface area (Å²) in [7, 11) is 0. The van der Waals surface area contributed by atoms with Crippen molar-refractivity contribution in [3.05, 3.63) is 11.6 Å². The molecule has 0 amide bonds. The Balaban J connectivity index is 2.78. The third-order valence-corrected chi connectivity index (χ3v) is 3.26. The van der Waals surface area contributed by atoms with Crippen LogP contribution in [0.1, 0.15) is 47.5 Å². The van der Waals surface area contributed by atoms with E-state index in [-0.39, 0.29) is 11.2 Å². The summed E-state index contributed by atoms with van der Waals surface area (Å²) in [4.78, 5) is 0. The Kier molecular flexibility index (Phi) is 3.62. The van der Waals surface area contributed by atoms with Crippen LogP contribution in [0.5, 0.6) is 0 Å². The van der Waals surface area contributed by atoms with E-state index in [0.717, 1.165) is 19.4 Å². The smallest absolute Gasteiger partial charge is 0.0699 e. The van der Waals surface area contributed by atoms with Crippen molar-refractivity contribution < 1.29 is 4.74 Å². The lowest BCUT2D eigenvalue weighted by Crippen LogP contribution is -2.30. The lowest BCUT2D eigenvalue weighted by atomic mass is 9.82. The molecule has 1 unspecified atom stereocenters. The van der Waals surface area contributed by atoms with Crippen LogP contribution in [0.2, 0.25) is 0 Å². The van der Waals surface area contributed by atoms with Gasteiger partial charge in [-0.15, -0.1) is 0 Å². The minimum absolute atomic E-state index is 0.00593. The molecule has 1 atom stereocenters. The van der Waals surface area contributed by atoms with Gasteiger partial charge in [0.25, 0.3) is 0 Å². The number of hydrogen-bond acceptors (Lipinski definition) is 2. The summed E-state index contributed by atoms with van der Waals surface area (Å²) in [6.07, 6.45) is 4.34. The van der Waals surface area contributed by atoms with Crippen molar-refractivity contribution in [1.82, 2.24) is 0 Å². The van der Waals surface area contributed by atoms with Crippen LogP contribution in [-0.4, -0.2) is 17.7 Å². The predicted molar refractivity (Wildman–Crippen MR) is 64.8 cm³/mol. The molecule has 1 rings (SSSR count).